The number of hydrogen-bond acceptors (Lipinski definition) is 3. The summed E-state index contributed by atoms with van der Waals surface area (Å²) in [5.74, 6) is 0.537. The summed E-state index contributed by atoms with van der Waals surface area (Å²) >= 11 is 0. The van der Waals surface area contributed by atoms with Crippen molar-refractivity contribution in [2.45, 2.75) is 51.0 Å². The van der Waals surface area contributed by atoms with Gasteiger partial charge >= 0.3 is 6.03 Å². The van der Waals surface area contributed by atoms with Crippen molar-refractivity contribution in [3.05, 3.63) is 29.8 Å². The maximum Gasteiger partial charge on any atom is 0.319 e. The maximum absolute atomic E-state index is 12.1. The third-order valence-electron chi connectivity index (χ3n) is 5.32. The highest BCUT2D eigenvalue weighted by atomic mass is 16.3. The maximum atomic E-state index is 12.1. The quantitative estimate of drug-likeness (QED) is 0.679. The van der Waals surface area contributed by atoms with Gasteiger partial charge in [0.2, 0.25) is 0 Å². The summed E-state index contributed by atoms with van der Waals surface area (Å²) in [5.41, 5.74) is 2.13. The summed E-state index contributed by atoms with van der Waals surface area (Å²) in [6.07, 6.45) is 8.03. The fourth-order valence-electron chi connectivity index (χ4n) is 3.62. The molecule has 1 aliphatic carbocycles. The van der Waals surface area contributed by atoms with Crippen molar-refractivity contribution in [3.8, 4) is 0 Å². The number of aliphatic hydroxyl groups is 1. The van der Waals surface area contributed by atoms with Gasteiger partial charge in [-0.05, 0) is 75.2 Å². The zero-order chi connectivity index (χ0) is 17.5. The Labute approximate surface area is 150 Å². The van der Waals surface area contributed by atoms with E-state index in [9.17, 15) is 4.79 Å². The SMILES string of the molecule is O=C(Nc1ccc(CCN2CCCCC2)cc1)N[C@H](CCO)C1CC1. The van der Waals surface area contributed by atoms with Crippen LogP contribution in [0, 0.1) is 5.92 Å². The monoisotopic (exact) mass is 345 g/mol. The first-order valence-electron chi connectivity index (χ1n) is 9.74. The molecule has 1 atom stereocenters. The molecule has 2 amide bonds. The zero-order valence-corrected chi connectivity index (χ0v) is 15.0. The lowest BCUT2D eigenvalue weighted by Gasteiger charge is -2.26. The molecule has 1 heterocycles. The van der Waals surface area contributed by atoms with E-state index in [1.807, 2.05) is 12.1 Å². The summed E-state index contributed by atoms with van der Waals surface area (Å²) in [7, 11) is 0. The first-order chi connectivity index (χ1) is 12.2. The second kappa shape index (κ2) is 9.20. The molecular formula is C20H31N3O2. The number of benzene rings is 1. The van der Waals surface area contributed by atoms with Crippen molar-refractivity contribution in [1.82, 2.24) is 10.2 Å². The zero-order valence-electron chi connectivity index (χ0n) is 15.0. The third-order valence-corrected chi connectivity index (χ3v) is 5.32. The minimum absolute atomic E-state index is 0.0915. The molecule has 0 bridgehead atoms. The van der Waals surface area contributed by atoms with E-state index in [4.69, 9.17) is 5.11 Å². The van der Waals surface area contributed by atoms with Crippen molar-refractivity contribution in [1.29, 1.82) is 0 Å². The number of nitrogens with one attached hydrogen (secondary N) is 2. The Morgan fingerprint density at radius 3 is 2.52 bits per heavy atom. The summed E-state index contributed by atoms with van der Waals surface area (Å²) in [5, 5.41) is 15.0. The minimum Gasteiger partial charge on any atom is -0.396 e. The van der Waals surface area contributed by atoms with Gasteiger partial charge in [0.15, 0.2) is 0 Å². The highest BCUT2D eigenvalue weighted by Crippen LogP contribution is 2.33. The summed E-state index contributed by atoms with van der Waals surface area (Å²) < 4.78 is 0. The lowest BCUT2D eigenvalue weighted by atomic mass is 10.1. The Kier molecular flexibility index (Phi) is 6.70. The van der Waals surface area contributed by atoms with E-state index in [-0.39, 0.29) is 18.7 Å². The molecule has 0 aromatic heterocycles. The van der Waals surface area contributed by atoms with E-state index < -0.39 is 0 Å². The average Bonchev–Trinajstić information content (AvgIpc) is 3.47. The topological polar surface area (TPSA) is 64.6 Å². The Balaban J connectivity index is 1.42. The lowest BCUT2D eigenvalue weighted by Crippen LogP contribution is -2.39. The molecule has 3 rings (SSSR count). The highest BCUT2D eigenvalue weighted by Gasteiger charge is 2.31. The number of carbonyl (C=O) groups is 1. The molecule has 1 aromatic rings. The van der Waals surface area contributed by atoms with Gasteiger partial charge in [-0.2, -0.15) is 0 Å². The van der Waals surface area contributed by atoms with Gasteiger partial charge in [0, 0.05) is 24.9 Å². The van der Waals surface area contributed by atoms with E-state index >= 15 is 0 Å². The van der Waals surface area contributed by atoms with Crippen LogP contribution in [-0.4, -0.2) is 48.3 Å². The normalized spacial score (nSPS) is 19.4. The van der Waals surface area contributed by atoms with Crippen LogP contribution in [0.2, 0.25) is 0 Å². The summed E-state index contributed by atoms with van der Waals surface area (Å²) in [6, 6.07) is 8.07. The molecule has 0 spiro atoms. The van der Waals surface area contributed by atoms with Gasteiger partial charge in [0.05, 0.1) is 0 Å². The second-order valence-corrected chi connectivity index (χ2v) is 7.40. The number of hydrogen-bond donors (Lipinski definition) is 3. The fraction of sp³-hybridized carbons (Fsp3) is 0.650. The number of amides is 2. The standard InChI is InChI=1S/C20H31N3O2/c24-15-11-19(17-6-7-17)22-20(25)21-18-8-4-16(5-9-18)10-14-23-12-2-1-3-13-23/h4-5,8-9,17,19,24H,1-3,6-7,10-15H2,(H2,21,22,25)/t19-/m1/s1. The number of aliphatic hydroxyl groups excluding tert-OH is 1. The van der Waals surface area contributed by atoms with E-state index in [2.05, 4.69) is 27.7 Å². The Hall–Kier alpha value is -1.59. The minimum atomic E-state index is -0.175. The summed E-state index contributed by atoms with van der Waals surface area (Å²) in [4.78, 5) is 14.7. The summed E-state index contributed by atoms with van der Waals surface area (Å²) in [6.45, 7) is 3.70. The lowest BCUT2D eigenvalue weighted by molar-refractivity contribution is 0.231. The van der Waals surface area contributed by atoms with Crippen molar-refractivity contribution in [3.63, 3.8) is 0 Å². The molecule has 5 nitrogen and oxygen atoms in total. The van der Waals surface area contributed by atoms with E-state index in [0.717, 1.165) is 31.5 Å². The predicted molar refractivity (Wildman–Crippen MR) is 101 cm³/mol. The number of urea groups is 1. The molecule has 138 valence electrons. The number of rotatable bonds is 8. The molecule has 1 saturated carbocycles. The van der Waals surface area contributed by atoms with Crippen LogP contribution in [0.15, 0.2) is 24.3 Å². The van der Waals surface area contributed by atoms with Gasteiger partial charge < -0.3 is 20.6 Å². The largest absolute Gasteiger partial charge is 0.396 e. The highest BCUT2D eigenvalue weighted by molar-refractivity contribution is 5.89. The molecule has 1 aliphatic heterocycles. The van der Waals surface area contributed by atoms with Crippen molar-refractivity contribution < 1.29 is 9.90 Å². The number of anilines is 1. The second-order valence-electron chi connectivity index (χ2n) is 7.40. The van der Waals surface area contributed by atoms with Crippen LogP contribution in [0.25, 0.3) is 0 Å². The first kappa shape index (κ1) is 18.2. The van der Waals surface area contributed by atoms with Crippen molar-refractivity contribution in [2.75, 3.05) is 31.6 Å². The van der Waals surface area contributed by atoms with E-state index in [1.165, 1.54) is 37.9 Å². The molecule has 25 heavy (non-hydrogen) atoms. The van der Waals surface area contributed by atoms with Gasteiger partial charge in [0.1, 0.15) is 0 Å². The van der Waals surface area contributed by atoms with Crippen molar-refractivity contribution in [2.24, 2.45) is 5.92 Å². The van der Waals surface area contributed by atoms with Crippen LogP contribution in [0.1, 0.15) is 44.1 Å². The molecule has 0 unspecified atom stereocenters. The van der Waals surface area contributed by atoms with Crippen LogP contribution >= 0.6 is 0 Å². The van der Waals surface area contributed by atoms with Crippen LogP contribution in [0.5, 0.6) is 0 Å². The molecule has 3 N–H and O–H groups in total. The Morgan fingerprint density at radius 1 is 1.16 bits per heavy atom. The molecule has 1 saturated heterocycles. The van der Waals surface area contributed by atoms with Crippen LogP contribution in [0.3, 0.4) is 0 Å². The Bertz CT molecular complexity index is 536. The fourth-order valence-corrected chi connectivity index (χ4v) is 3.62. The molecule has 2 fully saturated rings. The average molecular weight is 345 g/mol. The van der Waals surface area contributed by atoms with Gasteiger partial charge in [0.25, 0.3) is 0 Å². The van der Waals surface area contributed by atoms with Gasteiger partial charge in [-0.3, -0.25) is 0 Å². The predicted octanol–water partition coefficient (Wildman–Crippen LogP) is 3.00. The molecule has 0 radical (unpaired) electrons. The number of nitrogens with zero attached hydrogens (tertiary/aromatic N) is 1. The molecule has 5 heteroatoms. The molecule has 1 aromatic carbocycles. The van der Waals surface area contributed by atoms with Crippen LogP contribution < -0.4 is 10.6 Å². The van der Waals surface area contributed by atoms with Gasteiger partial charge in [-0.25, -0.2) is 4.79 Å². The number of piperidine rings is 1. The molecular weight excluding hydrogens is 314 g/mol. The molecule has 2 aliphatic rings. The van der Waals surface area contributed by atoms with Crippen LogP contribution in [-0.2, 0) is 6.42 Å². The van der Waals surface area contributed by atoms with Gasteiger partial charge in [-0.1, -0.05) is 18.6 Å². The van der Waals surface area contributed by atoms with E-state index in [0.29, 0.717) is 12.3 Å². The smallest absolute Gasteiger partial charge is 0.319 e. The number of likely N-dealkylation sites (tertiary alicyclic amines) is 1. The number of carbonyl (C=O) groups excluding carboxylic acids is 1. The van der Waals surface area contributed by atoms with E-state index in [1.54, 1.807) is 0 Å². The Morgan fingerprint density at radius 2 is 1.88 bits per heavy atom. The van der Waals surface area contributed by atoms with Crippen molar-refractivity contribution >= 4 is 11.7 Å². The van der Waals surface area contributed by atoms with Crippen LogP contribution in [0.4, 0.5) is 10.5 Å². The van der Waals surface area contributed by atoms with Gasteiger partial charge in [-0.15, -0.1) is 0 Å². The first-order valence-corrected chi connectivity index (χ1v) is 9.74. The third kappa shape index (κ3) is 6.01.